The number of carbonyl (C=O) groups is 6. The molecule has 0 saturated heterocycles. The van der Waals surface area contributed by atoms with Gasteiger partial charge >= 0.3 is 37.1 Å². The second kappa shape index (κ2) is 47.9. The highest BCUT2D eigenvalue weighted by atomic mass is 19.4. The van der Waals surface area contributed by atoms with Gasteiger partial charge in [-0.1, -0.05) is 109 Å². The summed E-state index contributed by atoms with van der Waals surface area (Å²) in [6.45, 7) is 14.7. The first kappa shape index (κ1) is 107. The molecule has 0 spiro atoms. The second-order valence-electron chi connectivity index (χ2n) is 28.8. The van der Waals surface area contributed by atoms with E-state index in [0.717, 1.165) is 36.4 Å². The molecule has 0 heterocycles. The molecule has 0 unspecified atom stereocenters. The third-order valence-corrected chi connectivity index (χ3v) is 19.2. The van der Waals surface area contributed by atoms with E-state index >= 15 is 0 Å². The smallest absolute Gasteiger partial charge is 0.416 e. The molecule has 714 valence electrons. The van der Waals surface area contributed by atoms with E-state index in [1.807, 2.05) is 0 Å². The van der Waals surface area contributed by atoms with Crippen molar-refractivity contribution in [3.05, 3.63) is 355 Å². The van der Waals surface area contributed by atoms with Gasteiger partial charge in [-0.2, -0.15) is 79.0 Å². The van der Waals surface area contributed by atoms with Crippen molar-refractivity contribution in [2.24, 2.45) is 0 Å². The average Bonchev–Trinajstić information content (AvgIpc) is 0.830. The minimum absolute atomic E-state index is 0.0776. The third-order valence-electron chi connectivity index (χ3n) is 19.2. The number of halogens is 18. The highest BCUT2D eigenvalue weighted by Crippen LogP contribution is 2.41. The van der Waals surface area contributed by atoms with Gasteiger partial charge in [-0.25, -0.2) is 0 Å². The molecule has 12 aromatic rings. The van der Waals surface area contributed by atoms with E-state index < -0.39 is 106 Å². The van der Waals surface area contributed by atoms with Gasteiger partial charge in [0.15, 0.2) is 0 Å². The van der Waals surface area contributed by atoms with Gasteiger partial charge in [0.05, 0.1) is 108 Å². The molecule has 12 aromatic carbocycles. The molecule has 12 rings (SSSR count). The zero-order valence-corrected chi connectivity index (χ0v) is 74.1. The van der Waals surface area contributed by atoms with Crippen LogP contribution < -0.4 is 60.3 Å². The molecular formula is C99H90F18N6O12. The largest absolute Gasteiger partial charge is 0.496 e. The monoisotopic (exact) mass is 1900 g/mol. The summed E-state index contributed by atoms with van der Waals surface area (Å²) < 4.78 is 263. The van der Waals surface area contributed by atoms with E-state index in [4.69, 9.17) is 28.4 Å². The Kier molecular flexibility index (Phi) is 38.0. The van der Waals surface area contributed by atoms with Crippen molar-refractivity contribution in [3.8, 4) is 34.5 Å². The van der Waals surface area contributed by atoms with Crippen LogP contribution in [0.15, 0.2) is 255 Å². The average molecular weight is 1900 g/mol. The van der Waals surface area contributed by atoms with Crippen LogP contribution in [0.5, 0.6) is 34.5 Å². The number of nitrogens with one attached hydrogen (secondary N) is 6. The number of carbonyl (C=O) groups excluding carboxylic acids is 6. The Morgan fingerprint density at radius 3 is 0.481 bits per heavy atom. The standard InChI is InChI=1S/3C17H16F3NO2.3C16H14F3NO2/c3*1-3-23-15-7-5-4-6-13(15)16(22)21-12-9-8-11(2)14(10-12)17(18,19)20;3*1-10-7-8-11(9-13(10)16(17,18)19)20-15(21)12-5-3-4-6-14(12)22-2/h3*4-10H,3H2,1-2H3,(H,21,22);3*3-9H,1-2H3,(H,20,21). The number of aryl methyl sites for hydroxylation is 6. The normalized spacial score (nSPS) is 11.2. The number of amides is 6. The topological polar surface area (TPSA) is 230 Å². The quantitative estimate of drug-likeness (QED) is 0.0369. The lowest BCUT2D eigenvalue weighted by atomic mass is 10.1. The fraction of sp³-hybridized carbons (Fsp3) is 0.212. The number of rotatable bonds is 21. The van der Waals surface area contributed by atoms with Gasteiger partial charge in [0.1, 0.15) is 34.5 Å². The maximum Gasteiger partial charge on any atom is 0.416 e. The molecule has 18 nitrogen and oxygen atoms in total. The van der Waals surface area contributed by atoms with E-state index in [2.05, 4.69) is 31.9 Å². The summed E-state index contributed by atoms with van der Waals surface area (Å²) in [7, 11) is 4.25. The molecule has 6 N–H and O–H groups in total. The fourth-order valence-electron chi connectivity index (χ4n) is 12.5. The molecule has 0 saturated carbocycles. The van der Waals surface area contributed by atoms with Gasteiger partial charge in [0.25, 0.3) is 35.4 Å². The second-order valence-corrected chi connectivity index (χ2v) is 28.8. The van der Waals surface area contributed by atoms with Crippen LogP contribution in [0.1, 0.15) is 150 Å². The van der Waals surface area contributed by atoms with Crippen LogP contribution in [0.25, 0.3) is 0 Å². The highest BCUT2D eigenvalue weighted by Gasteiger charge is 2.38. The van der Waals surface area contributed by atoms with Gasteiger partial charge in [-0.05, 0) is 241 Å². The van der Waals surface area contributed by atoms with E-state index in [-0.39, 0.29) is 101 Å². The summed E-state index contributed by atoms with van der Waals surface area (Å²) in [5.74, 6) is -0.960. The number of hydrogen-bond donors (Lipinski definition) is 6. The summed E-state index contributed by atoms with van der Waals surface area (Å²) in [6.07, 6.45) is -26.8. The Hall–Kier alpha value is -15.0. The fourth-order valence-corrected chi connectivity index (χ4v) is 12.5. The Morgan fingerprint density at radius 2 is 0.348 bits per heavy atom. The number of alkyl halides is 18. The minimum atomic E-state index is -4.46. The lowest BCUT2D eigenvalue weighted by molar-refractivity contribution is -0.138. The van der Waals surface area contributed by atoms with E-state index in [0.29, 0.717) is 54.3 Å². The number of ether oxygens (including phenoxy) is 6. The van der Waals surface area contributed by atoms with Crippen molar-refractivity contribution in [1.82, 2.24) is 0 Å². The molecule has 0 bridgehead atoms. The predicted octanol–water partition coefficient (Wildman–Crippen LogP) is 26.8. The molecule has 135 heavy (non-hydrogen) atoms. The van der Waals surface area contributed by atoms with Crippen LogP contribution in [0, 0.1) is 41.5 Å². The Morgan fingerprint density at radius 1 is 0.215 bits per heavy atom. The molecule has 0 aliphatic carbocycles. The Labute approximate surface area is 764 Å². The summed E-state index contributed by atoms with van der Waals surface area (Å²) in [5, 5.41) is 14.8. The van der Waals surface area contributed by atoms with Gasteiger partial charge in [0, 0.05) is 34.1 Å². The molecule has 0 radical (unpaired) electrons. The Bertz CT molecular complexity index is 5530. The first-order valence-corrected chi connectivity index (χ1v) is 40.5. The lowest BCUT2D eigenvalue weighted by Gasteiger charge is -2.14. The molecule has 6 amide bonds. The maximum atomic E-state index is 12.9. The van der Waals surface area contributed by atoms with Crippen molar-refractivity contribution >= 4 is 69.6 Å². The number of benzene rings is 12. The number of hydrogen-bond acceptors (Lipinski definition) is 12. The van der Waals surface area contributed by atoms with Gasteiger partial charge in [-0.15, -0.1) is 0 Å². The summed E-state index contributed by atoms with van der Waals surface area (Å²) in [5.41, 5.74) is -1.99. The highest BCUT2D eigenvalue weighted by molar-refractivity contribution is 6.10. The van der Waals surface area contributed by atoms with Gasteiger partial charge in [-0.3, -0.25) is 28.8 Å². The first-order chi connectivity index (χ1) is 63.4. The van der Waals surface area contributed by atoms with Crippen LogP contribution >= 0.6 is 0 Å². The summed E-state index contributed by atoms with van der Waals surface area (Å²) in [6, 6.07) is 61.2. The summed E-state index contributed by atoms with van der Waals surface area (Å²) >= 11 is 0. The molecule has 0 aliphatic rings. The number of anilines is 6. The molecular weight excluding hydrogens is 1810 g/mol. The summed E-state index contributed by atoms with van der Waals surface area (Å²) in [4.78, 5) is 73.4. The molecule has 0 atom stereocenters. The van der Waals surface area contributed by atoms with Crippen molar-refractivity contribution < 1.29 is 136 Å². The minimum Gasteiger partial charge on any atom is -0.496 e. The van der Waals surface area contributed by atoms with Crippen LogP contribution in [0.4, 0.5) is 113 Å². The zero-order chi connectivity index (χ0) is 100. The molecule has 36 heteroatoms. The van der Waals surface area contributed by atoms with Gasteiger partial charge in [0.2, 0.25) is 0 Å². The Balaban J connectivity index is 0.000000221. The van der Waals surface area contributed by atoms with Crippen LogP contribution in [0.3, 0.4) is 0 Å². The van der Waals surface area contributed by atoms with Crippen LogP contribution in [-0.4, -0.2) is 76.6 Å². The van der Waals surface area contributed by atoms with Crippen molar-refractivity contribution in [3.63, 3.8) is 0 Å². The van der Waals surface area contributed by atoms with Crippen molar-refractivity contribution in [1.29, 1.82) is 0 Å². The maximum absolute atomic E-state index is 12.9. The SMILES string of the molecule is CCOc1ccccc1C(=O)Nc1ccc(C)c(C(F)(F)F)c1.CCOc1ccccc1C(=O)Nc1ccc(C)c(C(F)(F)F)c1.CCOc1ccccc1C(=O)Nc1ccc(C)c(C(F)(F)F)c1.COc1ccccc1C(=O)Nc1ccc(C)c(C(F)(F)F)c1.COc1ccccc1C(=O)Nc1ccc(C)c(C(F)(F)F)c1.COc1ccccc1C(=O)Nc1ccc(C)c(C(F)(F)F)c1. The first-order valence-electron chi connectivity index (χ1n) is 40.5. The van der Waals surface area contributed by atoms with Crippen LogP contribution in [-0.2, 0) is 37.1 Å². The zero-order valence-electron chi connectivity index (χ0n) is 74.1. The molecule has 0 aromatic heterocycles. The number of methoxy groups -OCH3 is 3. The third kappa shape index (κ3) is 31.3. The molecule has 0 aliphatic heterocycles. The van der Waals surface area contributed by atoms with E-state index in [1.165, 1.54) is 154 Å². The van der Waals surface area contributed by atoms with E-state index in [9.17, 15) is 108 Å². The van der Waals surface area contributed by atoms with Crippen molar-refractivity contribution in [2.75, 3.05) is 73.1 Å². The van der Waals surface area contributed by atoms with Crippen LogP contribution in [0.2, 0.25) is 0 Å². The van der Waals surface area contributed by atoms with Crippen molar-refractivity contribution in [2.45, 2.75) is 99.4 Å². The van der Waals surface area contributed by atoms with E-state index in [1.54, 1.807) is 148 Å². The van der Waals surface area contributed by atoms with Gasteiger partial charge < -0.3 is 60.3 Å². The number of para-hydroxylation sites is 6. The lowest BCUT2D eigenvalue weighted by Crippen LogP contribution is -2.15. The molecule has 0 fully saturated rings. The predicted molar refractivity (Wildman–Crippen MR) is 477 cm³/mol.